The zero-order valence-corrected chi connectivity index (χ0v) is 13.4. The first kappa shape index (κ1) is 15.4. The number of thioether (sulfide) groups is 1. The first-order valence-electron chi connectivity index (χ1n) is 6.50. The van der Waals surface area contributed by atoms with Gasteiger partial charge in [0.15, 0.2) is 5.13 Å². The molecule has 6 nitrogen and oxygen atoms in total. The summed E-state index contributed by atoms with van der Waals surface area (Å²) in [6.45, 7) is 4.93. The number of amides is 1. The molecule has 1 amide bonds. The van der Waals surface area contributed by atoms with Crippen molar-refractivity contribution in [3.05, 3.63) is 4.88 Å². The number of rotatable bonds is 5. The van der Waals surface area contributed by atoms with Crippen LogP contribution in [0, 0.1) is 0 Å². The number of hydrogen-bond donors (Lipinski definition) is 2. The molecule has 0 spiro atoms. The molecular formula is C12H20N4O2S2. The van der Waals surface area contributed by atoms with E-state index in [9.17, 15) is 4.79 Å². The molecule has 0 aromatic carbocycles. The Morgan fingerprint density at radius 1 is 1.60 bits per heavy atom. The Hall–Kier alpha value is -0.990. The van der Waals surface area contributed by atoms with Gasteiger partial charge >= 0.3 is 0 Å². The minimum Gasteiger partial charge on any atom is -0.382 e. The topological polar surface area (TPSA) is 80.5 Å². The van der Waals surface area contributed by atoms with Crippen molar-refractivity contribution in [3.8, 4) is 0 Å². The van der Waals surface area contributed by atoms with Gasteiger partial charge in [0, 0.05) is 24.9 Å². The summed E-state index contributed by atoms with van der Waals surface area (Å²) in [6, 6.07) is 0.117. The van der Waals surface area contributed by atoms with Gasteiger partial charge in [0.05, 0.1) is 13.2 Å². The highest BCUT2D eigenvalue weighted by Crippen LogP contribution is 2.28. The molecular weight excluding hydrogens is 296 g/mol. The molecule has 20 heavy (non-hydrogen) atoms. The van der Waals surface area contributed by atoms with Gasteiger partial charge in [-0.05, 0) is 13.2 Å². The van der Waals surface area contributed by atoms with E-state index in [1.54, 1.807) is 11.8 Å². The lowest BCUT2D eigenvalue weighted by atomic mass is 10.3. The first-order valence-corrected chi connectivity index (χ1v) is 8.71. The Labute approximate surface area is 127 Å². The highest BCUT2D eigenvalue weighted by molar-refractivity contribution is 7.98. The predicted octanol–water partition coefficient (Wildman–Crippen LogP) is 1.04. The number of anilines is 2. The summed E-state index contributed by atoms with van der Waals surface area (Å²) in [7, 11) is 0. The maximum atomic E-state index is 12.2. The van der Waals surface area contributed by atoms with Crippen molar-refractivity contribution in [1.82, 2.24) is 10.3 Å². The van der Waals surface area contributed by atoms with Gasteiger partial charge in [-0.25, -0.2) is 4.98 Å². The van der Waals surface area contributed by atoms with Crippen molar-refractivity contribution in [2.75, 3.05) is 48.9 Å². The molecule has 1 unspecified atom stereocenters. The number of carbonyl (C=O) groups is 1. The van der Waals surface area contributed by atoms with Gasteiger partial charge in [0.2, 0.25) is 0 Å². The van der Waals surface area contributed by atoms with Gasteiger partial charge in [-0.1, -0.05) is 11.3 Å². The van der Waals surface area contributed by atoms with Crippen LogP contribution in [0.2, 0.25) is 0 Å². The van der Waals surface area contributed by atoms with Crippen molar-refractivity contribution in [1.29, 1.82) is 0 Å². The highest BCUT2D eigenvalue weighted by Gasteiger charge is 2.21. The number of nitrogens with zero attached hydrogens (tertiary/aromatic N) is 2. The molecule has 3 N–H and O–H groups in total. The first-order chi connectivity index (χ1) is 9.61. The summed E-state index contributed by atoms with van der Waals surface area (Å²) in [5.74, 6) is 1.05. The van der Waals surface area contributed by atoms with Gasteiger partial charge in [-0.2, -0.15) is 11.8 Å². The number of aromatic nitrogens is 1. The highest BCUT2D eigenvalue weighted by atomic mass is 32.2. The number of ether oxygens (including phenoxy) is 1. The summed E-state index contributed by atoms with van der Waals surface area (Å²) in [5, 5.41) is 3.74. The van der Waals surface area contributed by atoms with E-state index in [1.165, 1.54) is 11.3 Å². The summed E-state index contributed by atoms with van der Waals surface area (Å²) in [6.07, 6.45) is 2.01. The molecule has 1 atom stereocenters. The fraction of sp³-hybridized carbons (Fsp3) is 0.667. The minimum atomic E-state index is -0.138. The Morgan fingerprint density at radius 2 is 2.30 bits per heavy atom. The number of hydrogen-bond acceptors (Lipinski definition) is 7. The maximum Gasteiger partial charge on any atom is 0.265 e. The fourth-order valence-electron chi connectivity index (χ4n) is 1.95. The number of thiazole rings is 1. The van der Waals surface area contributed by atoms with E-state index < -0.39 is 0 Å². The van der Waals surface area contributed by atoms with Crippen LogP contribution in [-0.4, -0.2) is 55.2 Å². The second-order valence-electron chi connectivity index (χ2n) is 4.64. The molecule has 2 heterocycles. The Kier molecular flexibility index (Phi) is 5.50. The molecule has 1 aromatic heterocycles. The largest absolute Gasteiger partial charge is 0.382 e. The van der Waals surface area contributed by atoms with E-state index >= 15 is 0 Å². The number of nitrogens with one attached hydrogen (secondary N) is 1. The van der Waals surface area contributed by atoms with E-state index in [0.717, 1.165) is 24.0 Å². The van der Waals surface area contributed by atoms with Crippen LogP contribution in [0.5, 0.6) is 0 Å². The molecule has 1 fully saturated rings. The lowest BCUT2D eigenvalue weighted by molar-refractivity contribution is 0.0948. The van der Waals surface area contributed by atoms with E-state index in [0.29, 0.717) is 23.9 Å². The van der Waals surface area contributed by atoms with E-state index in [1.807, 2.05) is 13.2 Å². The van der Waals surface area contributed by atoms with Crippen LogP contribution >= 0.6 is 23.1 Å². The number of nitrogen functional groups attached to an aromatic ring is 1. The summed E-state index contributed by atoms with van der Waals surface area (Å²) >= 11 is 3.05. The third-order valence-corrected chi connectivity index (χ3v) is 4.89. The summed E-state index contributed by atoms with van der Waals surface area (Å²) < 4.78 is 5.31. The second kappa shape index (κ2) is 7.14. The van der Waals surface area contributed by atoms with Crippen molar-refractivity contribution in [2.45, 2.75) is 13.0 Å². The van der Waals surface area contributed by atoms with Crippen molar-refractivity contribution in [3.63, 3.8) is 0 Å². The number of nitrogens with two attached hydrogens (primary N) is 1. The molecule has 8 heteroatoms. The van der Waals surface area contributed by atoms with Gasteiger partial charge in [0.1, 0.15) is 10.7 Å². The Bertz CT molecular complexity index is 460. The smallest absolute Gasteiger partial charge is 0.265 e. The normalized spacial score (nSPS) is 17.0. The summed E-state index contributed by atoms with van der Waals surface area (Å²) in [4.78, 5) is 19.1. The number of carbonyl (C=O) groups excluding carboxylic acids is 1. The van der Waals surface area contributed by atoms with Crippen LogP contribution in [0.1, 0.15) is 16.6 Å². The predicted molar refractivity (Wildman–Crippen MR) is 84.9 cm³/mol. The average Bonchev–Trinajstić information content (AvgIpc) is 2.82. The van der Waals surface area contributed by atoms with Crippen LogP contribution in [0.15, 0.2) is 0 Å². The van der Waals surface area contributed by atoms with Crippen molar-refractivity contribution >= 4 is 40.0 Å². The van der Waals surface area contributed by atoms with Crippen LogP contribution in [0.25, 0.3) is 0 Å². The van der Waals surface area contributed by atoms with Crippen molar-refractivity contribution < 1.29 is 9.53 Å². The van der Waals surface area contributed by atoms with E-state index in [-0.39, 0.29) is 11.9 Å². The molecule has 0 bridgehead atoms. The third kappa shape index (κ3) is 3.77. The number of morpholine rings is 1. The Morgan fingerprint density at radius 3 is 2.95 bits per heavy atom. The zero-order chi connectivity index (χ0) is 14.5. The van der Waals surface area contributed by atoms with Crippen LogP contribution in [0.4, 0.5) is 10.9 Å². The van der Waals surface area contributed by atoms with Gasteiger partial charge in [0.25, 0.3) is 5.91 Å². The van der Waals surface area contributed by atoms with E-state index in [2.05, 4.69) is 15.2 Å². The zero-order valence-electron chi connectivity index (χ0n) is 11.7. The minimum absolute atomic E-state index is 0.117. The molecule has 0 aliphatic carbocycles. The average molecular weight is 316 g/mol. The molecule has 1 aliphatic heterocycles. The van der Waals surface area contributed by atoms with Gasteiger partial charge in [-0.15, -0.1) is 0 Å². The van der Waals surface area contributed by atoms with Crippen LogP contribution in [-0.2, 0) is 4.74 Å². The monoisotopic (exact) mass is 316 g/mol. The second-order valence-corrected chi connectivity index (χ2v) is 6.53. The van der Waals surface area contributed by atoms with Gasteiger partial charge < -0.3 is 20.7 Å². The molecule has 1 saturated heterocycles. The SMILES string of the molecule is CSCC(C)NC(=O)c1sc(N2CCOCC2)nc1N. The lowest BCUT2D eigenvalue weighted by Crippen LogP contribution is -2.36. The maximum absolute atomic E-state index is 12.2. The third-order valence-electron chi connectivity index (χ3n) is 2.92. The fourth-order valence-corrected chi connectivity index (χ4v) is 3.48. The van der Waals surface area contributed by atoms with Crippen molar-refractivity contribution in [2.24, 2.45) is 0 Å². The quantitative estimate of drug-likeness (QED) is 0.845. The molecule has 1 aliphatic rings. The molecule has 2 rings (SSSR count). The summed E-state index contributed by atoms with van der Waals surface area (Å²) in [5.41, 5.74) is 5.87. The Balaban J connectivity index is 2.04. The van der Waals surface area contributed by atoms with Gasteiger partial charge in [-0.3, -0.25) is 4.79 Å². The van der Waals surface area contributed by atoms with E-state index in [4.69, 9.17) is 10.5 Å². The molecule has 0 radical (unpaired) electrons. The standard InChI is InChI=1S/C12H20N4O2S2/c1-8(7-19-2)14-11(17)9-10(13)15-12(20-9)16-3-5-18-6-4-16/h8H,3-7,13H2,1-2H3,(H,14,17). The molecule has 1 aromatic rings. The van der Waals surface area contributed by atoms with Crippen LogP contribution < -0.4 is 16.0 Å². The van der Waals surface area contributed by atoms with Crippen LogP contribution in [0.3, 0.4) is 0 Å². The molecule has 112 valence electrons. The molecule has 0 saturated carbocycles. The lowest BCUT2D eigenvalue weighted by Gasteiger charge is -2.25.